The second-order valence-corrected chi connectivity index (χ2v) is 6.30. The van der Waals surface area contributed by atoms with Gasteiger partial charge in [-0.25, -0.2) is 8.91 Å². The molecule has 25 heavy (non-hydrogen) atoms. The summed E-state index contributed by atoms with van der Waals surface area (Å²) in [4.78, 5) is 15.9. The second kappa shape index (κ2) is 5.93. The van der Waals surface area contributed by atoms with Gasteiger partial charge in [0.05, 0.1) is 18.3 Å². The average Bonchev–Trinajstić information content (AvgIpc) is 3.39. The summed E-state index contributed by atoms with van der Waals surface area (Å²) >= 11 is 0. The maximum absolute atomic E-state index is 14.1. The number of rotatable bonds is 4. The average molecular weight is 340 g/mol. The summed E-state index contributed by atoms with van der Waals surface area (Å²) in [6, 6.07) is 5.17. The summed E-state index contributed by atoms with van der Waals surface area (Å²) in [7, 11) is 0. The van der Waals surface area contributed by atoms with Crippen LogP contribution in [-0.2, 0) is 11.4 Å². The van der Waals surface area contributed by atoms with Crippen molar-refractivity contribution in [3.8, 4) is 11.1 Å². The number of aryl methyl sites for hydroxylation is 1. The fourth-order valence-electron chi connectivity index (χ4n) is 2.85. The van der Waals surface area contributed by atoms with Gasteiger partial charge >= 0.3 is 0 Å². The van der Waals surface area contributed by atoms with Gasteiger partial charge in [0, 0.05) is 28.9 Å². The monoisotopic (exact) mass is 340 g/mol. The highest BCUT2D eigenvalue weighted by Crippen LogP contribution is 2.32. The van der Waals surface area contributed by atoms with Gasteiger partial charge in [-0.2, -0.15) is 0 Å². The molecule has 3 aromatic rings. The zero-order valence-electron chi connectivity index (χ0n) is 13.7. The van der Waals surface area contributed by atoms with E-state index in [-0.39, 0.29) is 18.4 Å². The molecule has 7 heteroatoms. The molecule has 1 aliphatic carbocycles. The zero-order chi connectivity index (χ0) is 17.6. The van der Waals surface area contributed by atoms with Gasteiger partial charge < -0.3 is 10.4 Å². The van der Waals surface area contributed by atoms with E-state index < -0.39 is 5.82 Å². The van der Waals surface area contributed by atoms with Crippen LogP contribution >= 0.6 is 0 Å². The number of aliphatic hydroxyl groups excluding tert-OH is 1. The maximum Gasteiger partial charge on any atom is 0.228 e. The first kappa shape index (κ1) is 15.7. The Morgan fingerprint density at radius 2 is 2.24 bits per heavy atom. The summed E-state index contributed by atoms with van der Waals surface area (Å²) in [5.41, 5.74) is 2.94. The van der Waals surface area contributed by atoms with E-state index in [1.54, 1.807) is 35.8 Å². The molecule has 0 radical (unpaired) electrons. The van der Waals surface area contributed by atoms with Crippen molar-refractivity contribution < 1.29 is 14.3 Å². The molecule has 0 aliphatic heterocycles. The molecule has 1 amide bonds. The predicted molar refractivity (Wildman–Crippen MR) is 90.4 cm³/mol. The molecular weight excluding hydrogens is 323 g/mol. The number of carbonyl (C=O) groups is 1. The zero-order valence-corrected chi connectivity index (χ0v) is 13.7. The topological polar surface area (TPSA) is 79.5 Å². The van der Waals surface area contributed by atoms with Crippen LogP contribution in [0.15, 0.2) is 30.6 Å². The van der Waals surface area contributed by atoms with Crippen LogP contribution in [0.25, 0.3) is 16.6 Å². The SMILES string of the molecule is Cc1cc(-c2ccn3nc(NC(=O)C4CC4)c(CO)c3c2)c(F)cn1. The number of nitrogens with one attached hydrogen (secondary N) is 1. The summed E-state index contributed by atoms with van der Waals surface area (Å²) in [6.07, 6.45) is 4.66. The maximum atomic E-state index is 14.1. The van der Waals surface area contributed by atoms with E-state index in [0.29, 0.717) is 33.7 Å². The molecule has 1 aliphatic rings. The van der Waals surface area contributed by atoms with Crippen molar-refractivity contribution in [1.29, 1.82) is 0 Å². The van der Waals surface area contributed by atoms with Crippen LogP contribution in [0.1, 0.15) is 24.1 Å². The van der Waals surface area contributed by atoms with Gasteiger partial charge in [-0.1, -0.05) is 0 Å². The third kappa shape index (κ3) is 2.87. The number of anilines is 1. The van der Waals surface area contributed by atoms with Crippen LogP contribution < -0.4 is 5.32 Å². The van der Waals surface area contributed by atoms with Crippen molar-refractivity contribution in [2.45, 2.75) is 26.4 Å². The highest BCUT2D eigenvalue weighted by Gasteiger charge is 2.30. The first-order chi connectivity index (χ1) is 12.1. The Balaban J connectivity index is 1.79. The molecule has 0 aromatic carbocycles. The number of aliphatic hydroxyl groups is 1. The predicted octanol–water partition coefficient (Wildman–Crippen LogP) is 2.68. The van der Waals surface area contributed by atoms with Crippen LogP contribution in [-0.4, -0.2) is 25.6 Å². The number of fused-ring (bicyclic) bond motifs is 1. The minimum Gasteiger partial charge on any atom is -0.391 e. The van der Waals surface area contributed by atoms with Crippen molar-refractivity contribution in [1.82, 2.24) is 14.6 Å². The summed E-state index contributed by atoms with van der Waals surface area (Å²) in [5, 5.41) is 16.8. The quantitative estimate of drug-likeness (QED) is 0.765. The lowest BCUT2D eigenvalue weighted by Gasteiger charge is -2.06. The molecule has 0 unspecified atom stereocenters. The first-order valence-electron chi connectivity index (χ1n) is 8.12. The van der Waals surface area contributed by atoms with Crippen molar-refractivity contribution in [3.63, 3.8) is 0 Å². The highest BCUT2D eigenvalue weighted by molar-refractivity contribution is 5.95. The van der Waals surface area contributed by atoms with Crippen molar-refractivity contribution in [2.75, 3.05) is 5.32 Å². The van der Waals surface area contributed by atoms with Gasteiger partial charge in [0.15, 0.2) is 5.82 Å². The lowest BCUT2D eigenvalue weighted by atomic mass is 10.1. The summed E-state index contributed by atoms with van der Waals surface area (Å²) in [6.45, 7) is 1.52. The van der Waals surface area contributed by atoms with Crippen LogP contribution in [0.2, 0.25) is 0 Å². The van der Waals surface area contributed by atoms with Gasteiger partial charge in [0.2, 0.25) is 5.91 Å². The van der Waals surface area contributed by atoms with Gasteiger partial charge in [-0.15, -0.1) is 5.10 Å². The molecule has 0 atom stereocenters. The number of amides is 1. The fourth-order valence-corrected chi connectivity index (χ4v) is 2.85. The minimum atomic E-state index is -0.415. The third-order valence-electron chi connectivity index (χ3n) is 4.39. The van der Waals surface area contributed by atoms with E-state index >= 15 is 0 Å². The molecule has 3 aromatic heterocycles. The van der Waals surface area contributed by atoms with Crippen molar-refractivity contribution >= 4 is 17.2 Å². The standard InChI is InChI=1S/C18H17FN4O2/c1-10-6-13(15(19)8-20-10)12-4-5-23-16(7-12)14(9-24)17(22-23)21-18(25)11-2-3-11/h4-8,11,24H,2-3,9H2,1H3,(H,21,22,25). The Morgan fingerprint density at radius 3 is 2.96 bits per heavy atom. The van der Waals surface area contributed by atoms with E-state index in [1.807, 2.05) is 0 Å². The normalized spacial score (nSPS) is 14.0. The molecule has 0 spiro atoms. The lowest BCUT2D eigenvalue weighted by molar-refractivity contribution is -0.117. The lowest BCUT2D eigenvalue weighted by Crippen LogP contribution is -2.14. The van der Waals surface area contributed by atoms with Gasteiger partial charge in [-0.05, 0) is 43.5 Å². The van der Waals surface area contributed by atoms with Gasteiger partial charge in [0.25, 0.3) is 0 Å². The van der Waals surface area contributed by atoms with E-state index in [2.05, 4.69) is 15.4 Å². The summed E-state index contributed by atoms with van der Waals surface area (Å²) < 4.78 is 15.7. The Morgan fingerprint density at radius 1 is 1.44 bits per heavy atom. The largest absolute Gasteiger partial charge is 0.391 e. The van der Waals surface area contributed by atoms with E-state index in [0.717, 1.165) is 12.8 Å². The van der Waals surface area contributed by atoms with E-state index in [9.17, 15) is 14.3 Å². The van der Waals surface area contributed by atoms with E-state index in [4.69, 9.17) is 0 Å². The highest BCUT2D eigenvalue weighted by atomic mass is 19.1. The minimum absolute atomic E-state index is 0.0424. The van der Waals surface area contributed by atoms with Crippen LogP contribution in [0.4, 0.5) is 10.2 Å². The number of pyridine rings is 2. The number of hydrogen-bond acceptors (Lipinski definition) is 4. The number of nitrogens with zero attached hydrogens (tertiary/aromatic N) is 3. The summed E-state index contributed by atoms with van der Waals surface area (Å²) in [5.74, 6) is -0.0971. The molecule has 0 saturated heterocycles. The van der Waals surface area contributed by atoms with Crippen molar-refractivity contribution in [2.24, 2.45) is 5.92 Å². The second-order valence-electron chi connectivity index (χ2n) is 6.30. The molecule has 6 nitrogen and oxygen atoms in total. The Hall–Kier alpha value is -2.80. The molecule has 1 saturated carbocycles. The number of halogens is 1. The van der Waals surface area contributed by atoms with Crippen molar-refractivity contribution in [3.05, 3.63) is 47.7 Å². The molecular formula is C18H17FN4O2. The fraction of sp³-hybridized carbons (Fsp3) is 0.278. The molecule has 0 bridgehead atoms. The van der Waals surface area contributed by atoms with Crippen LogP contribution in [0.3, 0.4) is 0 Å². The Labute approximate surface area is 143 Å². The molecule has 1 fully saturated rings. The third-order valence-corrected chi connectivity index (χ3v) is 4.39. The van der Waals surface area contributed by atoms with Crippen LogP contribution in [0.5, 0.6) is 0 Å². The number of carbonyl (C=O) groups excluding carboxylic acids is 1. The molecule has 3 heterocycles. The Bertz CT molecular complexity index is 979. The molecule has 128 valence electrons. The molecule has 4 rings (SSSR count). The molecule has 2 N–H and O–H groups in total. The number of hydrogen-bond donors (Lipinski definition) is 2. The number of aromatic nitrogens is 3. The first-order valence-corrected chi connectivity index (χ1v) is 8.12. The van der Waals surface area contributed by atoms with Gasteiger partial charge in [0.1, 0.15) is 5.82 Å². The Kier molecular flexibility index (Phi) is 3.73. The van der Waals surface area contributed by atoms with Crippen LogP contribution in [0, 0.1) is 18.7 Å². The van der Waals surface area contributed by atoms with Gasteiger partial charge in [-0.3, -0.25) is 9.78 Å². The van der Waals surface area contributed by atoms with E-state index in [1.165, 1.54) is 6.20 Å². The smallest absolute Gasteiger partial charge is 0.228 e.